The SMILES string of the molecule is COc1ccc(N2CC3(CCC3)c3ccc(-c4cnc(C)nc4)cc32)nn1. The molecule has 6 nitrogen and oxygen atoms in total. The van der Waals surface area contributed by atoms with E-state index in [4.69, 9.17) is 4.74 Å². The van der Waals surface area contributed by atoms with Gasteiger partial charge in [0.05, 0.1) is 7.11 Å². The van der Waals surface area contributed by atoms with Gasteiger partial charge < -0.3 is 9.64 Å². The van der Waals surface area contributed by atoms with E-state index >= 15 is 0 Å². The number of hydrogen-bond donors (Lipinski definition) is 0. The van der Waals surface area contributed by atoms with Crippen molar-refractivity contribution in [2.75, 3.05) is 18.6 Å². The van der Waals surface area contributed by atoms with Gasteiger partial charge in [-0.2, -0.15) is 0 Å². The number of rotatable bonds is 3. The minimum absolute atomic E-state index is 0.249. The predicted octanol–water partition coefficient (Wildman–Crippen LogP) is 3.82. The zero-order chi connectivity index (χ0) is 18.4. The number of fused-ring (bicyclic) bond motifs is 2. The largest absolute Gasteiger partial charge is 0.480 e. The van der Waals surface area contributed by atoms with E-state index in [0.29, 0.717) is 5.88 Å². The monoisotopic (exact) mass is 359 g/mol. The number of anilines is 2. The highest BCUT2D eigenvalue weighted by molar-refractivity contribution is 5.77. The van der Waals surface area contributed by atoms with Gasteiger partial charge in [0.15, 0.2) is 5.82 Å². The summed E-state index contributed by atoms with van der Waals surface area (Å²) in [6.45, 7) is 2.86. The first-order chi connectivity index (χ1) is 13.2. The summed E-state index contributed by atoms with van der Waals surface area (Å²) in [6, 6.07) is 10.6. The number of aromatic nitrogens is 4. The first kappa shape index (κ1) is 16.2. The van der Waals surface area contributed by atoms with Crippen LogP contribution in [0.3, 0.4) is 0 Å². The Morgan fingerprint density at radius 3 is 2.44 bits per heavy atom. The summed E-state index contributed by atoms with van der Waals surface area (Å²) >= 11 is 0. The number of hydrogen-bond acceptors (Lipinski definition) is 6. The van der Waals surface area contributed by atoms with Crippen LogP contribution in [0, 0.1) is 6.92 Å². The molecule has 27 heavy (non-hydrogen) atoms. The topological polar surface area (TPSA) is 64.0 Å². The van der Waals surface area contributed by atoms with E-state index in [0.717, 1.165) is 29.3 Å². The summed E-state index contributed by atoms with van der Waals surface area (Å²) in [5.41, 5.74) is 5.03. The fourth-order valence-electron chi connectivity index (χ4n) is 4.20. The molecule has 1 spiro atoms. The Morgan fingerprint density at radius 2 is 1.81 bits per heavy atom. The van der Waals surface area contributed by atoms with Crippen LogP contribution in [-0.4, -0.2) is 33.8 Å². The van der Waals surface area contributed by atoms with Gasteiger partial charge in [-0.25, -0.2) is 9.97 Å². The molecule has 2 aromatic heterocycles. The zero-order valence-electron chi connectivity index (χ0n) is 15.5. The Labute approximate surface area is 158 Å². The highest BCUT2D eigenvalue weighted by Crippen LogP contribution is 2.54. The van der Waals surface area contributed by atoms with E-state index in [1.165, 1.54) is 30.5 Å². The molecule has 5 rings (SSSR count). The zero-order valence-corrected chi connectivity index (χ0v) is 15.5. The van der Waals surface area contributed by atoms with Gasteiger partial charge in [0.2, 0.25) is 5.88 Å². The lowest BCUT2D eigenvalue weighted by Crippen LogP contribution is -2.38. The minimum atomic E-state index is 0.249. The van der Waals surface area contributed by atoms with E-state index in [-0.39, 0.29) is 5.41 Å². The van der Waals surface area contributed by atoms with Crippen LogP contribution in [0.1, 0.15) is 30.7 Å². The molecule has 3 heterocycles. The molecule has 0 amide bonds. The van der Waals surface area contributed by atoms with Gasteiger partial charge in [-0.15, -0.1) is 10.2 Å². The van der Waals surface area contributed by atoms with Gasteiger partial charge in [-0.3, -0.25) is 0 Å². The van der Waals surface area contributed by atoms with Gasteiger partial charge in [0.25, 0.3) is 0 Å². The molecule has 0 N–H and O–H groups in total. The van der Waals surface area contributed by atoms with Crippen molar-refractivity contribution in [3.63, 3.8) is 0 Å². The summed E-state index contributed by atoms with van der Waals surface area (Å²) in [4.78, 5) is 11.0. The number of nitrogens with zero attached hydrogens (tertiary/aromatic N) is 5. The average molecular weight is 359 g/mol. The quantitative estimate of drug-likeness (QED) is 0.708. The summed E-state index contributed by atoms with van der Waals surface area (Å²) < 4.78 is 5.16. The Bertz CT molecular complexity index is 980. The minimum Gasteiger partial charge on any atom is -0.480 e. The molecule has 0 atom stereocenters. The van der Waals surface area contributed by atoms with Gasteiger partial charge >= 0.3 is 0 Å². The van der Waals surface area contributed by atoms with Crippen molar-refractivity contribution in [1.29, 1.82) is 0 Å². The van der Waals surface area contributed by atoms with Gasteiger partial charge in [-0.05, 0) is 43.0 Å². The lowest BCUT2D eigenvalue weighted by atomic mass is 9.65. The van der Waals surface area contributed by atoms with Crippen LogP contribution < -0.4 is 9.64 Å². The average Bonchev–Trinajstić information content (AvgIpc) is 3.04. The second-order valence-electron chi connectivity index (χ2n) is 7.40. The second-order valence-corrected chi connectivity index (χ2v) is 7.40. The molecule has 2 aliphatic rings. The molecule has 1 saturated carbocycles. The summed E-state index contributed by atoms with van der Waals surface area (Å²) in [7, 11) is 1.61. The second kappa shape index (κ2) is 6.01. The van der Waals surface area contributed by atoms with Crippen molar-refractivity contribution in [3.05, 3.63) is 54.1 Å². The smallest absolute Gasteiger partial charge is 0.233 e. The van der Waals surface area contributed by atoms with Gasteiger partial charge in [0.1, 0.15) is 5.82 Å². The van der Waals surface area contributed by atoms with E-state index in [2.05, 4.69) is 43.3 Å². The van der Waals surface area contributed by atoms with Crippen LogP contribution in [0.4, 0.5) is 11.5 Å². The lowest BCUT2D eigenvalue weighted by Gasteiger charge is -2.39. The normalized spacial score (nSPS) is 16.9. The van der Waals surface area contributed by atoms with Crippen LogP contribution in [0.2, 0.25) is 0 Å². The molecule has 1 aliphatic heterocycles. The van der Waals surface area contributed by atoms with E-state index in [9.17, 15) is 0 Å². The van der Waals surface area contributed by atoms with Crippen LogP contribution >= 0.6 is 0 Å². The molecule has 0 radical (unpaired) electrons. The van der Waals surface area contributed by atoms with Crippen molar-refractivity contribution >= 4 is 11.5 Å². The maximum absolute atomic E-state index is 5.16. The first-order valence-electron chi connectivity index (χ1n) is 9.27. The Morgan fingerprint density at radius 1 is 1.00 bits per heavy atom. The number of methoxy groups -OCH3 is 1. The maximum Gasteiger partial charge on any atom is 0.233 e. The molecule has 0 unspecified atom stereocenters. The Balaban J connectivity index is 1.59. The van der Waals surface area contributed by atoms with Crippen molar-refractivity contribution < 1.29 is 4.74 Å². The Kier molecular flexibility index (Phi) is 3.60. The summed E-state index contributed by atoms with van der Waals surface area (Å²) in [5, 5.41) is 8.56. The fourth-order valence-corrected chi connectivity index (χ4v) is 4.20. The highest BCUT2D eigenvalue weighted by atomic mass is 16.5. The van der Waals surface area contributed by atoms with Crippen molar-refractivity contribution in [3.8, 4) is 17.0 Å². The molecular weight excluding hydrogens is 338 g/mol. The predicted molar refractivity (Wildman–Crippen MR) is 103 cm³/mol. The molecule has 0 saturated heterocycles. The van der Waals surface area contributed by atoms with Crippen molar-refractivity contribution in [2.24, 2.45) is 0 Å². The molecule has 3 aromatic rings. The fraction of sp³-hybridized carbons (Fsp3) is 0.333. The van der Waals surface area contributed by atoms with E-state index in [1.807, 2.05) is 31.5 Å². The van der Waals surface area contributed by atoms with Crippen LogP contribution in [0.25, 0.3) is 11.1 Å². The molecule has 6 heteroatoms. The van der Waals surface area contributed by atoms with Gasteiger partial charge in [-0.1, -0.05) is 18.6 Å². The first-order valence-corrected chi connectivity index (χ1v) is 9.27. The summed E-state index contributed by atoms with van der Waals surface area (Å²) in [5.74, 6) is 2.17. The molecule has 136 valence electrons. The maximum atomic E-state index is 5.16. The highest BCUT2D eigenvalue weighted by Gasteiger charge is 2.47. The lowest BCUT2D eigenvalue weighted by molar-refractivity contribution is 0.266. The van der Waals surface area contributed by atoms with Crippen LogP contribution in [0.5, 0.6) is 5.88 Å². The van der Waals surface area contributed by atoms with Gasteiger partial charge in [0, 0.05) is 41.7 Å². The molecule has 1 fully saturated rings. The van der Waals surface area contributed by atoms with E-state index < -0.39 is 0 Å². The molecular formula is C21H21N5O. The third kappa shape index (κ3) is 2.55. The summed E-state index contributed by atoms with van der Waals surface area (Å²) in [6.07, 6.45) is 7.51. The van der Waals surface area contributed by atoms with Crippen molar-refractivity contribution in [2.45, 2.75) is 31.6 Å². The molecule has 0 bridgehead atoms. The van der Waals surface area contributed by atoms with Crippen LogP contribution in [-0.2, 0) is 5.41 Å². The number of ether oxygens (including phenoxy) is 1. The Hall–Kier alpha value is -3.02. The number of aryl methyl sites for hydroxylation is 1. The standard InChI is InChI=1S/C21H21N5O/c1-14-22-11-16(12-23-14)15-4-5-17-18(10-15)26(13-21(17)8-3-9-21)19-6-7-20(27-2)25-24-19/h4-7,10-12H,3,8-9,13H2,1-2H3. The van der Waals surface area contributed by atoms with Crippen LogP contribution in [0.15, 0.2) is 42.7 Å². The van der Waals surface area contributed by atoms with E-state index in [1.54, 1.807) is 7.11 Å². The molecule has 1 aliphatic carbocycles. The molecule has 1 aromatic carbocycles. The third-order valence-electron chi connectivity index (χ3n) is 5.86. The van der Waals surface area contributed by atoms with Crippen molar-refractivity contribution in [1.82, 2.24) is 20.2 Å². The number of benzene rings is 1. The third-order valence-corrected chi connectivity index (χ3v) is 5.86.